The van der Waals surface area contributed by atoms with Gasteiger partial charge < -0.3 is 5.73 Å². The topological polar surface area (TPSA) is 26.0 Å². The summed E-state index contributed by atoms with van der Waals surface area (Å²) >= 11 is 0. The van der Waals surface area contributed by atoms with Crippen LogP contribution in [0.3, 0.4) is 0 Å². The molecule has 2 spiro atoms. The molecule has 3 saturated carbocycles. The fourth-order valence-corrected chi connectivity index (χ4v) is 5.50. The molecule has 3 aliphatic rings. The van der Waals surface area contributed by atoms with Crippen molar-refractivity contribution in [3.8, 4) is 0 Å². The van der Waals surface area contributed by atoms with Crippen molar-refractivity contribution in [2.45, 2.75) is 52.4 Å². The lowest BCUT2D eigenvalue weighted by atomic mass is 9.58. The first-order valence-corrected chi connectivity index (χ1v) is 6.31. The number of nitrogens with two attached hydrogens (primary N) is 1. The normalized spacial score (nSPS) is 46.9. The summed E-state index contributed by atoms with van der Waals surface area (Å²) in [4.78, 5) is 0. The number of rotatable bonds is 1. The molecule has 0 aromatic carbocycles. The smallest absolute Gasteiger partial charge is 0.00378 e. The number of hydrogen-bond donors (Lipinski definition) is 1. The van der Waals surface area contributed by atoms with Crippen LogP contribution in [0.2, 0.25) is 0 Å². The Kier molecular flexibility index (Phi) is 1.56. The van der Waals surface area contributed by atoms with Crippen LogP contribution in [0.15, 0.2) is 0 Å². The Bertz CT molecular complexity index is 264. The summed E-state index contributed by atoms with van der Waals surface area (Å²) in [7, 11) is 0. The van der Waals surface area contributed by atoms with Crippen molar-refractivity contribution < 1.29 is 0 Å². The molecule has 1 heteroatoms. The lowest BCUT2D eigenvalue weighted by Gasteiger charge is -2.46. The lowest BCUT2D eigenvalue weighted by molar-refractivity contribution is 0.0325. The molecule has 0 bridgehead atoms. The summed E-state index contributed by atoms with van der Waals surface area (Å²) in [6, 6.07) is 0. The molecular formula is C13H23N. The third-order valence-corrected chi connectivity index (χ3v) is 6.25. The lowest BCUT2D eigenvalue weighted by Crippen LogP contribution is -2.38. The molecule has 0 aromatic rings. The minimum atomic E-state index is 0.554. The molecule has 0 aliphatic heterocycles. The van der Waals surface area contributed by atoms with Crippen LogP contribution in [0.1, 0.15) is 52.4 Å². The predicted molar refractivity (Wildman–Crippen MR) is 58.9 cm³/mol. The highest BCUT2D eigenvalue weighted by molar-refractivity contribution is 5.27. The summed E-state index contributed by atoms with van der Waals surface area (Å²) in [5, 5.41) is 0. The summed E-state index contributed by atoms with van der Waals surface area (Å²) in [5.41, 5.74) is 7.94. The van der Waals surface area contributed by atoms with Crippen LogP contribution in [0.5, 0.6) is 0 Å². The molecule has 3 aliphatic carbocycles. The minimum Gasteiger partial charge on any atom is -0.330 e. The van der Waals surface area contributed by atoms with E-state index in [-0.39, 0.29) is 0 Å². The Morgan fingerprint density at radius 1 is 1.07 bits per heavy atom. The van der Waals surface area contributed by atoms with Crippen LogP contribution < -0.4 is 5.73 Å². The molecule has 2 unspecified atom stereocenters. The highest BCUT2D eigenvalue weighted by Gasteiger charge is 2.79. The Morgan fingerprint density at radius 3 is 2.07 bits per heavy atom. The predicted octanol–water partition coefficient (Wildman–Crippen LogP) is 2.94. The Hall–Kier alpha value is -0.0400. The minimum absolute atomic E-state index is 0.554. The summed E-state index contributed by atoms with van der Waals surface area (Å²) in [6.45, 7) is 5.86. The highest BCUT2D eigenvalue weighted by atomic mass is 14.9. The standard InChI is InChI=1S/C13H23N/c1-11(2)10(9-14)13(11)8-4-7-12(13)5-3-6-12/h10H,3-9,14H2,1-2H3. The number of fused-ring (bicyclic) bond motifs is 1. The van der Waals surface area contributed by atoms with Crippen LogP contribution in [0.25, 0.3) is 0 Å². The molecule has 1 nitrogen and oxygen atoms in total. The van der Waals surface area contributed by atoms with Crippen LogP contribution in [0, 0.1) is 22.2 Å². The van der Waals surface area contributed by atoms with Crippen LogP contribution in [0.4, 0.5) is 0 Å². The van der Waals surface area contributed by atoms with E-state index in [1.807, 2.05) is 0 Å². The molecule has 2 atom stereocenters. The van der Waals surface area contributed by atoms with Gasteiger partial charge in [0, 0.05) is 0 Å². The summed E-state index contributed by atoms with van der Waals surface area (Å²) in [6.07, 6.45) is 8.95. The molecule has 2 N–H and O–H groups in total. The fourth-order valence-electron chi connectivity index (χ4n) is 5.50. The Morgan fingerprint density at radius 2 is 1.64 bits per heavy atom. The van der Waals surface area contributed by atoms with Crippen molar-refractivity contribution >= 4 is 0 Å². The second-order valence-electron chi connectivity index (χ2n) is 6.47. The van der Waals surface area contributed by atoms with Gasteiger partial charge in [0.2, 0.25) is 0 Å². The van der Waals surface area contributed by atoms with Gasteiger partial charge in [0.1, 0.15) is 0 Å². The van der Waals surface area contributed by atoms with E-state index in [1.54, 1.807) is 0 Å². The maximum absolute atomic E-state index is 5.96. The van der Waals surface area contributed by atoms with E-state index in [0.29, 0.717) is 10.8 Å². The number of hydrogen-bond acceptors (Lipinski definition) is 1. The summed E-state index contributed by atoms with van der Waals surface area (Å²) in [5.74, 6) is 0.831. The summed E-state index contributed by atoms with van der Waals surface area (Å²) < 4.78 is 0. The zero-order valence-corrected chi connectivity index (χ0v) is 9.60. The Labute approximate surface area is 87.4 Å². The van der Waals surface area contributed by atoms with Gasteiger partial charge in [-0.05, 0) is 54.4 Å². The van der Waals surface area contributed by atoms with E-state index in [0.717, 1.165) is 17.9 Å². The van der Waals surface area contributed by atoms with Crippen LogP contribution in [-0.2, 0) is 0 Å². The van der Waals surface area contributed by atoms with Crippen molar-refractivity contribution in [2.24, 2.45) is 27.9 Å². The van der Waals surface area contributed by atoms with Crippen molar-refractivity contribution in [3.63, 3.8) is 0 Å². The van der Waals surface area contributed by atoms with Crippen molar-refractivity contribution in [1.82, 2.24) is 0 Å². The van der Waals surface area contributed by atoms with Gasteiger partial charge in [-0.2, -0.15) is 0 Å². The molecule has 3 fully saturated rings. The second-order valence-corrected chi connectivity index (χ2v) is 6.47. The van der Waals surface area contributed by atoms with Gasteiger partial charge in [0.05, 0.1) is 0 Å². The highest BCUT2D eigenvalue weighted by Crippen LogP contribution is 2.85. The quantitative estimate of drug-likeness (QED) is 0.681. The zero-order valence-electron chi connectivity index (χ0n) is 9.60. The van der Waals surface area contributed by atoms with Gasteiger partial charge >= 0.3 is 0 Å². The zero-order chi connectivity index (χ0) is 10.0. The average molecular weight is 193 g/mol. The van der Waals surface area contributed by atoms with E-state index in [2.05, 4.69) is 13.8 Å². The van der Waals surface area contributed by atoms with Gasteiger partial charge in [-0.25, -0.2) is 0 Å². The monoisotopic (exact) mass is 193 g/mol. The maximum Gasteiger partial charge on any atom is -0.00378 e. The van der Waals surface area contributed by atoms with Gasteiger partial charge in [-0.15, -0.1) is 0 Å². The maximum atomic E-state index is 5.96. The molecule has 0 heterocycles. The van der Waals surface area contributed by atoms with E-state index in [4.69, 9.17) is 5.73 Å². The van der Waals surface area contributed by atoms with Crippen LogP contribution >= 0.6 is 0 Å². The first-order chi connectivity index (χ1) is 6.61. The van der Waals surface area contributed by atoms with E-state index < -0.39 is 0 Å². The molecule has 0 saturated heterocycles. The first-order valence-electron chi connectivity index (χ1n) is 6.31. The second kappa shape index (κ2) is 2.37. The third kappa shape index (κ3) is 0.680. The molecular weight excluding hydrogens is 170 g/mol. The van der Waals surface area contributed by atoms with Gasteiger partial charge in [-0.1, -0.05) is 26.7 Å². The molecule has 0 aromatic heterocycles. The molecule has 0 amide bonds. The molecule has 0 radical (unpaired) electrons. The van der Waals surface area contributed by atoms with Gasteiger partial charge in [0.15, 0.2) is 0 Å². The average Bonchev–Trinajstić information content (AvgIpc) is 2.43. The molecule has 80 valence electrons. The fraction of sp³-hybridized carbons (Fsp3) is 1.00. The Balaban J connectivity index is 1.97. The molecule has 3 rings (SSSR count). The first kappa shape index (κ1) is 9.21. The SMILES string of the molecule is CC1(C)C(CN)C12CCCC21CCC1. The van der Waals surface area contributed by atoms with Crippen molar-refractivity contribution in [1.29, 1.82) is 0 Å². The molecule has 14 heavy (non-hydrogen) atoms. The van der Waals surface area contributed by atoms with E-state index >= 15 is 0 Å². The van der Waals surface area contributed by atoms with Crippen LogP contribution in [-0.4, -0.2) is 6.54 Å². The van der Waals surface area contributed by atoms with Crippen molar-refractivity contribution in [2.75, 3.05) is 6.54 Å². The van der Waals surface area contributed by atoms with Gasteiger partial charge in [0.25, 0.3) is 0 Å². The van der Waals surface area contributed by atoms with E-state index in [1.165, 1.54) is 38.5 Å². The van der Waals surface area contributed by atoms with E-state index in [9.17, 15) is 0 Å². The third-order valence-electron chi connectivity index (χ3n) is 6.25. The van der Waals surface area contributed by atoms with Gasteiger partial charge in [-0.3, -0.25) is 0 Å². The van der Waals surface area contributed by atoms with Crippen molar-refractivity contribution in [3.05, 3.63) is 0 Å². The largest absolute Gasteiger partial charge is 0.330 e.